The third kappa shape index (κ3) is 3.02. The van der Waals surface area contributed by atoms with E-state index in [1.54, 1.807) is 4.68 Å². The zero-order chi connectivity index (χ0) is 19.2. The van der Waals surface area contributed by atoms with E-state index >= 15 is 0 Å². The summed E-state index contributed by atoms with van der Waals surface area (Å²) in [6.45, 7) is 4.17. The minimum Gasteiger partial charge on any atom is -0.323 e. The number of nitrogens with zero attached hydrogens (tertiary/aromatic N) is 3. The Labute approximate surface area is 163 Å². The van der Waals surface area contributed by atoms with Crippen molar-refractivity contribution in [3.8, 4) is 5.69 Å². The van der Waals surface area contributed by atoms with Crippen molar-refractivity contribution in [2.75, 3.05) is 0 Å². The molecule has 1 aromatic heterocycles. The van der Waals surface area contributed by atoms with E-state index in [2.05, 4.69) is 17.3 Å². The molecule has 2 aliphatic rings. The van der Waals surface area contributed by atoms with Gasteiger partial charge in [-0.05, 0) is 50.7 Å². The topological polar surface area (TPSA) is 67.2 Å². The zero-order valence-electron chi connectivity index (χ0n) is 15.5. The molecule has 4 rings (SSSR count). The number of benzene rings is 1. The molecule has 142 valence electrons. The number of amides is 3. The van der Waals surface area contributed by atoms with Gasteiger partial charge in [-0.25, -0.2) is 9.48 Å². The molecule has 0 atom stereocenters. The average Bonchev–Trinajstić information content (AvgIpc) is 3.07. The summed E-state index contributed by atoms with van der Waals surface area (Å²) in [7, 11) is 0. The summed E-state index contributed by atoms with van der Waals surface area (Å²) < 4.78 is 1.64. The summed E-state index contributed by atoms with van der Waals surface area (Å²) in [6.07, 6.45) is 3.30. The summed E-state index contributed by atoms with van der Waals surface area (Å²) in [5, 5.41) is 7.88. The second-order valence-corrected chi connectivity index (χ2v) is 8.05. The first kappa shape index (κ1) is 18.0. The van der Waals surface area contributed by atoms with Crippen LogP contribution in [0.15, 0.2) is 30.3 Å². The highest BCUT2D eigenvalue weighted by Gasteiger charge is 2.52. The van der Waals surface area contributed by atoms with E-state index in [4.69, 9.17) is 11.6 Å². The molecule has 1 spiro atoms. The average molecular weight is 387 g/mol. The van der Waals surface area contributed by atoms with E-state index in [0.29, 0.717) is 35.2 Å². The number of hydrogen-bond donors (Lipinski definition) is 1. The molecule has 3 amide bonds. The number of rotatable bonds is 3. The molecule has 2 heterocycles. The predicted molar refractivity (Wildman–Crippen MR) is 103 cm³/mol. The summed E-state index contributed by atoms with van der Waals surface area (Å²) in [5.41, 5.74) is 1.51. The lowest BCUT2D eigenvalue weighted by Crippen LogP contribution is -2.49. The smallest absolute Gasteiger partial charge is 0.323 e. The van der Waals surface area contributed by atoms with E-state index in [-0.39, 0.29) is 18.5 Å². The summed E-state index contributed by atoms with van der Waals surface area (Å²) in [6, 6.07) is 9.23. The fraction of sp³-hybridized carbons (Fsp3) is 0.450. The Hall–Kier alpha value is -2.34. The quantitative estimate of drug-likeness (QED) is 0.815. The second-order valence-electron chi connectivity index (χ2n) is 7.69. The molecule has 6 nitrogen and oxygen atoms in total. The normalized spacial score (nSPS) is 25.3. The van der Waals surface area contributed by atoms with Gasteiger partial charge in [-0.15, -0.1) is 0 Å². The predicted octanol–water partition coefficient (Wildman–Crippen LogP) is 3.83. The maximum atomic E-state index is 13.1. The number of urea groups is 1. The molecule has 27 heavy (non-hydrogen) atoms. The van der Waals surface area contributed by atoms with Gasteiger partial charge in [0, 0.05) is 5.56 Å². The van der Waals surface area contributed by atoms with Crippen LogP contribution < -0.4 is 5.32 Å². The number of nitrogens with one attached hydrogen (secondary N) is 1. The first-order valence-electron chi connectivity index (χ1n) is 9.35. The number of carbonyl (C=O) groups excluding carboxylic acids is 2. The van der Waals surface area contributed by atoms with E-state index in [0.717, 1.165) is 18.5 Å². The third-order valence-electron chi connectivity index (χ3n) is 5.81. The van der Waals surface area contributed by atoms with Crippen LogP contribution in [0.5, 0.6) is 0 Å². The highest BCUT2D eigenvalue weighted by Crippen LogP contribution is 2.37. The molecular formula is C20H23ClN4O2. The van der Waals surface area contributed by atoms with Crippen LogP contribution in [-0.4, -0.2) is 32.2 Å². The lowest BCUT2D eigenvalue weighted by Gasteiger charge is -2.33. The maximum absolute atomic E-state index is 13.1. The fourth-order valence-corrected chi connectivity index (χ4v) is 4.35. The van der Waals surface area contributed by atoms with Gasteiger partial charge in [0.05, 0.1) is 17.9 Å². The highest BCUT2D eigenvalue weighted by molar-refractivity contribution is 6.30. The Balaban J connectivity index is 1.60. The standard InChI is InChI=1S/C20H23ClN4O2/c1-13-8-10-20(11-9-13)18(26)24(19(27)22-20)12-16-14(2)23-25(17(16)21)15-6-4-3-5-7-15/h3-7,13H,8-12H2,1-2H3,(H,22,27). The van der Waals surface area contributed by atoms with Gasteiger partial charge in [0.1, 0.15) is 10.7 Å². The van der Waals surface area contributed by atoms with Gasteiger partial charge in [-0.1, -0.05) is 36.7 Å². The Morgan fingerprint density at radius 3 is 2.56 bits per heavy atom. The molecule has 1 N–H and O–H groups in total. The van der Waals surface area contributed by atoms with Crippen LogP contribution in [0.1, 0.15) is 43.9 Å². The van der Waals surface area contributed by atoms with Crippen molar-refractivity contribution in [1.82, 2.24) is 20.0 Å². The van der Waals surface area contributed by atoms with Crippen molar-refractivity contribution >= 4 is 23.5 Å². The first-order valence-corrected chi connectivity index (χ1v) is 9.72. The number of imide groups is 1. The van der Waals surface area contributed by atoms with Crippen molar-refractivity contribution < 1.29 is 9.59 Å². The van der Waals surface area contributed by atoms with Gasteiger partial charge in [-0.3, -0.25) is 9.69 Å². The van der Waals surface area contributed by atoms with Crippen LogP contribution in [0.4, 0.5) is 4.79 Å². The number of aryl methyl sites for hydroxylation is 1. The highest BCUT2D eigenvalue weighted by atomic mass is 35.5. The monoisotopic (exact) mass is 386 g/mol. The van der Waals surface area contributed by atoms with Gasteiger partial charge in [0.15, 0.2) is 0 Å². The SMILES string of the molecule is Cc1nn(-c2ccccc2)c(Cl)c1CN1C(=O)NC2(CCC(C)CC2)C1=O. The lowest BCUT2D eigenvalue weighted by atomic mass is 9.77. The van der Waals surface area contributed by atoms with Crippen molar-refractivity contribution in [3.05, 3.63) is 46.7 Å². The molecule has 1 saturated carbocycles. The number of para-hydroxylation sites is 1. The van der Waals surface area contributed by atoms with Crippen molar-refractivity contribution in [3.63, 3.8) is 0 Å². The van der Waals surface area contributed by atoms with Crippen LogP contribution in [0, 0.1) is 12.8 Å². The molecule has 2 fully saturated rings. The van der Waals surface area contributed by atoms with Crippen molar-refractivity contribution in [2.45, 2.75) is 51.6 Å². The summed E-state index contributed by atoms with van der Waals surface area (Å²) >= 11 is 6.57. The molecule has 1 aliphatic heterocycles. The Kier molecular flexibility index (Phi) is 4.46. The molecule has 0 unspecified atom stereocenters. The Morgan fingerprint density at radius 2 is 1.89 bits per heavy atom. The molecule has 1 aromatic carbocycles. The Morgan fingerprint density at radius 1 is 1.22 bits per heavy atom. The fourth-order valence-electron chi connectivity index (χ4n) is 4.02. The maximum Gasteiger partial charge on any atom is 0.325 e. The van der Waals surface area contributed by atoms with Crippen LogP contribution >= 0.6 is 11.6 Å². The zero-order valence-corrected chi connectivity index (χ0v) is 16.3. The van der Waals surface area contributed by atoms with Gasteiger partial charge in [0.2, 0.25) is 0 Å². The van der Waals surface area contributed by atoms with Crippen LogP contribution in [0.2, 0.25) is 5.15 Å². The van der Waals surface area contributed by atoms with Crippen molar-refractivity contribution in [2.24, 2.45) is 5.92 Å². The number of halogens is 1. The van der Waals surface area contributed by atoms with Crippen LogP contribution in [0.25, 0.3) is 5.69 Å². The summed E-state index contributed by atoms with van der Waals surface area (Å²) in [4.78, 5) is 26.9. The third-order valence-corrected chi connectivity index (χ3v) is 6.20. The first-order chi connectivity index (χ1) is 12.9. The van der Waals surface area contributed by atoms with E-state index in [9.17, 15) is 9.59 Å². The molecular weight excluding hydrogens is 364 g/mol. The number of aromatic nitrogens is 2. The van der Waals surface area contributed by atoms with E-state index < -0.39 is 5.54 Å². The van der Waals surface area contributed by atoms with Crippen LogP contribution in [-0.2, 0) is 11.3 Å². The van der Waals surface area contributed by atoms with Gasteiger partial charge < -0.3 is 5.32 Å². The number of hydrogen-bond acceptors (Lipinski definition) is 3. The minimum atomic E-state index is -0.737. The molecule has 2 aromatic rings. The lowest BCUT2D eigenvalue weighted by molar-refractivity contribution is -0.133. The van der Waals surface area contributed by atoms with Crippen LogP contribution in [0.3, 0.4) is 0 Å². The van der Waals surface area contributed by atoms with Gasteiger partial charge >= 0.3 is 6.03 Å². The molecule has 0 radical (unpaired) electrons. The molecule has 1 saturated heterocycles. The largest absolute Gasteiger partial charge is 0.325 e. The molecule has 1 aliphatic carbocycles. The van der Waals surface area contributed by atoms with Gasteiger partial charge in [0.25, 0.3) is 5.91 Å². The number of carbonyl (C=O) groups is 2. The van der Waals surface area contributed by atoms with E-state index in [1.807, 2.05) is 37.3 Å². The van der Waals surface area contributed by atoms with E-state index in [1.165, 1.54) is 4.90 Å². The van der Waals surface area contributed by atoms with Crippen molar-refractivity contribution in [1.29, 1.82) is 0 Å². The van der Waals surface area contributed by atoms with Gasteiger partial charge in [-0.2, -0.15) is 5.10 Å². The summed E-state index contributed by atoms with van der Waals surface area (Å²) in [5.74, 6) is 0.456. The second kappa shape index (κ2) is 6.68. The Bertz CT molecular complexity index is 885. The molecule has 0 bridgehead atoms. The molecule has 7 heteroatoms. The minimum absolute atomic E-state index is 0.137.